The van der Waals surface area contributed by atoms with E-state index >= 15 is 0 Å². The van der Waals surface area contributed by atoms with E-state index < -0.39 is 17.8 Å². The summed E-state index contributed by atoms with van der Waals surface area (Å²) in [5.41, 5.74) is 0. The molecular formula is C4H5NO3S. The lowest BCUT2D eigenvalue weighted by molar-refractivity contribution is -0.137. The van der Waals surface area contributed by atoms with Crippen molar-refractivity contribution in [3.05, 3.63) is 0 Å². The SMILES string of the molecule is N#CSC(CO)C(=O)O. The third-order valence-corrected chi connectivity index (χ3v) is 1.38. The Morgan fingerprint density at radius 3 is 2.56 bits per heavy atom. The molecule has 1 atom stereocenters. The fourth-order valence-corrected chi connectivity index (χ4v) is 0.532. The summed E-state index contributed by atoms with van der Waals surface area (Å²) < 4.78 is 0. The van der Waals surface area contributed by atoms with Gasteiger partial charge in [-0.05, 0) is 11.8 Å². The van der Waals surface area contributed by atoms with Crippen molar-refractivity contribution >= 4 is 17.7 Å². The number of hydrogen-bond acceptors (Lipinski definition) is 4. The summed E-state index contributed by atoms with van der Waals surface area (Å²) in [5.74, 6) is -1.16. The second kappa shape index (κ2) is 4.18. The molecule has 0 radical (unpaired) electrons. The normalized spacial score (nSPS) is 12.0. The van der Waals surface area contributed by atoms with E-state index in [2.05, 4.69) is 0 Å². The summed E-state index contributed by atoms with van der Waals surface area (Å²) >= 11 is 0.541. The van der Waals surface area contributed by atoms with Gasteiger partial charge < -0.3 is 10.2 Å². The zero-order valence-electron chi connectivity index (χ0n) is 4.44. The number of hydrogen-bond donors (Lipinski definition) is 2. The lowest BCUT2D eigenvalue weighted by Gasteiger charge is -1.99. The number of aliphatic carboxylic acids is 1. The first-order valence-corrected chi connectivity index (χ1v) is 2.98. The molecule has 0 saturated carbocycles. The quantitative estimate of drug-likeness (QED) is 0.533. The number of aliphatic hydroxyl groups is 1. The molecule has 0 aliphatic carbocycles. The lowest BCUT2D eigenvalue weighted by atomic mass is 10.5. The fourth-order valence-electron chi connectivity index (χ4n) is 0.229. The Morgan fingerprint density at radius 2 is 2.44 bits per heavy atom. The first kappa shape index (κ1) is 8.27. The highest BCUT2D eigenvalue weighted by Gasteiger charge is 2.15. The second-order valence-electron chi connectivity index (χ2n) is 1.22. The molecule has 1 unspecified atom stereocenters. The van der Waals surface area contributed by atoms with Gasteiger partial charge >= 0.3 is 5.97 Å². The molecule has 9 heavy (non-hydrogen) atoms. The van der Waals surface area contributed by atoms with Crippen LogP contribution >= 0.6 is 11.8 Å². The maximum atomic E-state index is 9.99. The van der Waals surface area contributed by atoms with Crippen molar-refractivity contribution in [2.24, 2.45) is 0 Å². The minimum Gasteiger partial charge on any atom is -0.480 e. The standard InChI is InChI=1S/C4H5NO3S/c5-2-9-3(1-6)4(7)8/h3,6H,1H2,(H,7,8). The zero-order valence-corrected chi connectivity index (χ0v) is 5.26. The molecule has 50 valence electrons. The van der Waals surface area contributed by atoms with Crippen LogP contribution in [0.25, 0.3) is 0 Å². The molecule has 0 aliphatic heterocycles. The number of rotatable bonds is 3. The Hall–Kier alpha value is -0.730. The Labute approximate surface area is 56.1 Å². The summed E-state index contributed by atoms with van der Waals surface area (Å²) in [6, 6.07) is 0. The van der Waals surface area contributed by atoms with Gasteiger partial charge in [0, 0.05) is 0 Å². The van der Waals surface area contributed by atoms with Crippen molar-refractivity contribution in [2.75, 3.05) is 6.61 Å². The topological polar surface area (TPSA) is 81.3 Å². The molecule has 0 aromatic rings. The summed E-state index contributed by atoms with van der Waals surface area (Å²) in [4.78, 5) is 9.99. The van der Waals surface area contributed by atoms with Gasteiger partial charge in [0.15, 0.2) is 0 Å². The van der Waals surface area contributed by atoms with Crippen LogP contribution in [0.5, 0.6) is 0 Å². The molecule has 0 rings (SSSR count). The smallest absolute Gasteiger partial charge is 0.320 e. The van der Waals surface area contributed by atoms with Crippen LogP contribution in [-0.4, -0.2) is 28.0 Å². The highest BCUT2D eigenvalue weighted by Crippen LogP contribution is 2.06. The van der Waals surface area contributed by atoms with Gasteiger partial charge in [0.1, 0.15) is 10.7 Å². The van der Waals surface area contributed by atoms with E-state index in [1.54, 1.807) is 5.40 Å². The van der Waals surface area contributed by atoms with Crippen molar-refractivity contribution in [1.82, 2.24) is 0 Å². The van der Waals surface area contributed by atoms with E-state index in [1.807, 2.05) is 0 Å². The summed E-state index contributed by atoms with van der Waals surface area (Å²) in [6.45, 7) is -0.506. The third kappa shape index (κ3) is 2.95. The number of carboxylic acids is 1. The van der Waals surface area contributed by atoms with Gasteiger partial charge in [-0.3, -0.25) is 4.79 Å². The Balaban J connectivity index is 3.71. The average molecular weight is 147 g/mol. The van der Waals surface area contributed by atoms with E-state index in [4.69, 9.17) is 15.5 Å². The number of aliphatic hydroxyl groups excluding tert-OH is 1. The first-order valence-electron chi connectivity index (χ1n) is 2.10. The van der Waals surface area contributed by atoms with Gasteiger partial charge in [-0.25, -0.2) is 0 Å². The first-order chi connectivity index (χ1) is 4.22. The van der Waals surface area contributed by atoms with Crippen LogP contribution < -0.4 is 0 Å². The minimum atomic E-state index is -1.16. The molecule has 0 aromatic heterocycles. The third-order valence-electron chi connectivity index (χ3n) is 0.636. The van der Waals surface area contributed by atoms with E-state index in [9.17, 15) is 4.79 Å². The van der Waals surface area contributed by atoms with Gasteiger partial charge in [0.05, 0.1) is 6.61 Å². The summed E-state index contributed by atoms with van der Waals surface area (Å²) in [7, 11) is 0. The lowest BCUT2D eigenvalue weighted by Crippen LogP contribution is -2.19. The Morgan fingerprint density at radius 1 is 1.89 bits per heavy atom. The number of thiocyanates is 1. The van der Waals surface area contributed by atoms with E-state index in [0.717, 1.165) is 0 Å². The molecule has 0 spiro atoms. The van der Waals surface area contributed by atoms with Crippen LogP contribution in [0.3, 0.4) is 0 Å². The largest absolute Gasteiger partial charge is 0.480 e. The molecule has 5 heteroatoms. The molecule has 0 saturated heterocycles. The molecular weight excluding hydrogens is 142 g/mol. The van der Waals surface area contributed by atoms with E-state index in [1.165, 1.54) is 0 Å². The highest BCUT2D eigenvalue weighted by molar-refractivity contribution is 8.04. The summed E-state index contributed by atoms with van der Waals surface area (Å²) in [5, 5.41) is 25.0. The van der Waals surface area contributed by atoms with Crippen LogP contribution in [0.1, 0.15) is 0 Å². The molecule has 0 fully saturated rings. The van der Waals surface area contributed by atoms with Crippen LogP contribution in [0.4, 0.5) is 0 Å². The molecule has 0 aliphatic rings. The monoisotopic (exact) mass is 147 g/mol. The van der Waals surface area contributed by atoms with E-state index in [0.29, 0.717) is 11.8 Å². The maximum Gasteiger partial charge on any atom is 0.320 e. The minimum absolute atomic E-state index is 0.506. The summed E-state index contributed by atoms with van der Waals surface area (Å²) in [6.07, 6.45) is 0. The van der Waals surface area contributed by atoms with Crippen LogP contribution in [0, 0.1) is 10.7 Å². The van der Waals surface area contributed by atoms with Gasteiger partial charge in [0.2, 0.25) is 0 Å². The Kier molecular flexibility index (Phi) is 3.84. The molecule has 0 heterocycles. The van der Waals surface area contributed by atoms with Crippen molar-refractivity contribution in [3.8, 4) is 5.40 Å². The number of nitriles is 1. The maximum absolute atomic E-state index is 9.99. The van der Waals surface area contributed by atoms with E-state index in [-0.39, 0.29) is 0 Å². The van der Waals surface area contributed by atoms with Crippen LogP contribution in [0.15, 0.2) is 0 Å². The van der Waals surface area contributed by atoms with Crippen LogP contribution in [0.2, 0.25) is 0 Å². The number of carbonyl (C=O) groups is 1. The number of nitrogens with zero attached hydrogens (tertiary/aromatic N) is 1. The fraction of sp³-hybridized carbons (Fsp3) is 0.500. The van der Waals surface area contributed by atoms with Crippen molar-refractivity contribution < 1.29 is 15.0 Å². The van der Waals surface area contributed by atoms with Crippen molar-refractivity contribution in [2.45, 2.75) is 5.25 Å². The van der Waals surface area contributed by atoms with Crippen molar-refractivity contribution in [3.63, 3.8) is 0 Å². The highest BCUT2D eigenvalue weighted by atomic mass is 32.2. The van der Waals surface area contributed by atoms with Gasteiger partial charge in [0.25, 0.3) is 0 Å². The van der Waals surface area contributed by atoms with Crippen LogP contribution in [-0.2, 0) is 4.79 Å². The number of thioether (sulfide) groups is 1. The van der Waals surface area contributed by atoms with Gasteiger partial charge in [-0.2, -0.15) is 5.26 Å². The number of carboxylic acid groups (broad SMARTS) is 1. The molecule has 0 aromatic carbocycles. The molecule has 0 bridgehead atoms. The zero-order chi connectivity index (χ0) is 7.28. The Bertz CT molecular complexity index is 141. The molecule has 4 nitrogen and oxygen atoms in total. The average Bonchev–Trinajstić information content (AvgIpc) is 1.82. The van der Waals surface area contributed by atoms with Gasteiger partial charge in [-0.15, -0.1) is 0 Å². The predicted molar refractivity (Wildman–Crippen MR) is 31.7 cm³/mol. The second-order valence-corrected chi connectivity index (χ2v) is 2.21. The molecule has 0 amide bonds. The molecule has 2 N–H and O–H groups in total. The predicted octanol–water partition coefficient (Wildman–Crippen LogP) is -0.354. The van der Waals surface area contributed by atoms with Gasteiger partial charge in [-0.1, -0.05) is 0 Å². The van der Waals surface area contributed by atoms with Crippen molar-refractivity contribution in [1.29, 1.82) is 5.26 Å².